The molecule has 104 valence electrons. The molecule has 0 aliphatic heterocycles. The third kappa shape index (κ3) is 3.57. The van der Waals surface area contributed by atoms with Crippen molar-refractivity contribution < 1.29 is 9.90 Å². The molecule has 0 radical (unpaired) electrons. The van der Waals surface area contributed by atoms with Gasteiger partial charge in [-0.1, -0.05) is 50.1 Å². The van der Waals surface area contributed by atoms with Crippen molar-refractivity contribution in [3.05, 3.63) is 35.9 Å². The first-order valence-electron chi connectivity index (χ1n) is 7.12. The highest BCUT2D eigenvalue weighted by Gasteiger charge is 2.35. The fourth-order valence-corrected chi connectivity index (χ4v) is 2.82. The average molecular weight is 261 g/mol. The number of aliphatic hydroxyl groups is 1. The van der Waals surface area contributed by atoms with Crippen LogP contribution in [-0.4, -0.2) is 23.2 Å². The van der Waals surface area contributed by atoms with E-state index in [1.54, 1.807) is 0 Å². The van der Waals surface area contributed by atoms with Gasteiger partial charge in [-0.15, -0.1) is 0 Å². The second kappa shape index (κ2) is 6.20. The van der Waals surface area contributed by atoms with Crippen molar-refractivity contribution in [3.8, 4) is 0 Å². The quantitative estimate of drug-likeness (QED) is 0.854. The summed E-state index contributed by atoms with van der Waals surface area (Å²) in [6, 6.07) is 10.0. The van der Waals surface area contributed by atoms with Crippen LogP contribution >= 0.6 is 0 Å². The number of carbonyl (C=O) groups is 1. The Bertz CT molecular complexity index is 410. The zero-order valence-corrected chi connectivity index (χ0v) is 11.6. The molecular weight excluding hydrogens is 238 g/mol. The molecule has 1 aromatic carbocycles. The molecule has 1 fully saturated rings. The highest BCUT2D eigenvalue weighted by Crippen LogP contribution is 2.29. The lowest BCUT2D eigenvalue weighted by atomic mass is 9.95. The maximum Gasteiger partial charge on any atom is 0.223 e. The molecule has 0 saturated heterocycles. The number of rotatable bonds is 5. The summed E-state index contributed by atoms with van der Waals surface area (Å²) >= 11 is 0. The minimum absolute atomic E-state index is 0.0524. The van der Waals surface area contributed by atoms with Gasteiger partial charge in [-0.25, -0.2) is 0 Å². The Balaban J connectivity index is 1.92. The largest absolute Gasteiger partial charge is 0.394 e. The number of hydrogen-bond acceptors (Lipinski definition) is 2. The van der Waals surface area contributed by atoms with E-state index in [4.69, 9.17) is 0 Å². The van der Waals surface area contributed by atoms with Crippen LogP contribution in [0.5, 0.6) is 0 Å². The molecule has 1 amide bonds. The van der Waals surface area contributed by atoms with Gasteiger partial charge in [0.15, 0.2) is 0 Å². The SMILES string of the molecule is CC(Cc1ccccc1)C(=O)NC1(CO)CCCC1. The number of hydrogen-bond donors (Lipinski definition) is 2. The number of benzene rings is 1. The van der Waals surface area contributed by atoms with Gasteiger partial charge in [0.25, 0.3) is 0 Å². The Kier molecular flexibility index (Phi) is 4.59. The zero-order chi connectivity index (χ0) is 13.7. The van der Waals surface area contributed by atoms with Crippen LogP contribution in [0.15, 0.2) is 30.3 Å². The monoisotopic (exact) mass is 261 g/mol. The van der Waals surface area contributed by atoms with E-state index in [0.29, 0.717) is 0 Å². The van der Waals surface area contributed by atoms with Crippen LogP contribution in [0.1, 0.15) is 38.2 Å². The molecule has 1 aliphatic rings. The van der Waals surface area contributed by atoms with E-state index < -0.39 is 0 Å². The molecule has 1 saturated carbocycles. The van der Waals surface area contributed by atoms with Gasteiger partial charge in [0, 0.05) is 5.92 Å². The van der Waals surface area contributed by atoms with Gasteiger partial charge in [-0.2, -0.15) is 0 Å². The topological polar surface area (TPSA) is 49.3 Å². The molecule has 0 heterocycles. The van der Waals surface area contributed by atoms with Gasteiger partial charge in [-0.3, -0.25) is 4.79 Å². The zero-order valence-electron chi connectivity index (χ0n) is 11.6. The summed E-state index contributed by atoms with van der Waals surface area (Å²) in [6.45, 7) is 2.00. The molecule has 0 bridgehead atoms. The van der Waals surface area contributed by atoms with Crippen molar-refractivity contribution in [2.75, 3.05) is 6.61 Å². The highest BCUT2D eigenvalue weighted by molar-refractivity contribution is 5.79. The molecule has 2 rings (SSSR count). The van der Waals surface area contributed by atoms with E-state index in [1.807, 2.05) is 37.3 Å². The van der Waals surface area contributed by atoms with Crippen LogP contribution in [0, 0.1) is 5.92 Å². The number of amides is 1. The molecule has 3 nitrogen and oxygen atoms in total. The van der Waals surface area contributed by atoms with Crippen LogP contribution in [0.4, 0.5) is 0 Å². The van der Waals surface area contributed by atoms with Gasteiger partial charge in [0.1, 0.15) is 0 Å². The maximum atomic E-state index is 12.2. The van der Waals surface area contributed by atoms with Gasteiger partial charge in [-0.05, 0) is 24.8 Å². The van der Waals surface area contributed by atoms with Crippen LogP contribution in [0.3, 0.4) is 0 Å². The van der Waals surface area contributed by atoms with Crippen LogP contribution in [-0.2, 0) is 11.2 Å². The van der Waals surface area contributed by atoms with Gasteiger partial charge in [0.2, 0.25) is 5.91 Å². The van der Waals surface area contributed by atoms with Crippen molar-refractivity contribution in [1.82, 2.24) is 5.32 Å². The summed E-state index contributed by atoms with van der Waals surface area (Å²) in [6.07, 6.45) is 4.72. The molecule has 0 spiro atoms. The Morgan fingerprint density at radius 2 is 1.95 bits per heavy atom. The van der Waals surface area contributed by atoms with Crippen LogP contribution in [0.25, 0.3) is 0 Å². The average Bonchev–Trinajstić information content (AvgIpc) is 2.89. The minimum atomic E-state index is -0.359. The molecule has 1 atom stereocenters. The predicted octanol–water partition coefficient (Wildman–Crippen LogP) is 2.29. The smallest absolute Gasteiger partial charge is 0.223 e. The number of aliphatic hydroxyl groups excluding tert-OH is 1. The molecule has 1 aromatic rings. The second-order valence-electron chi connectivity index (χ2n) is 5.73. The molecule has 3 heteroatoms. The number of nitrogens with one attached hydrogen (secondary N) is 1. The third-order valence-corrected chi connectivity index (χ3v) is 4.08. The van der Waals surface area contributed by atoms with Crippen LogP contribution < -0.4 is 5.32 Å². The van der Waals surface area contributed by atoms with Crippen molar-refractivity contribution in [1.29, 1.82) is 0 Å². The Morgan fingerprint density at radius 1 is 1.32 bits per heavy atom. The van der Waals surface area contributed by atoms with Gasteiger partial charge in [0.05, 0.1) is 12.1 Å². The van der Waals surface area contributed by atoms with E-state index in [1.165, 1.54) is 5.56 Å². The fraction of sp³-hybridized carbons (Fsp3) is 0.562. The van der Waals surface area contributed by atoms with Crippen molar-refractivity contribution in [3.63, 3.8) is 0 Å². The molecule has 1 unspecified atom stereocenters. The van der Waals surface area contributed by atoms with Crippen molar-refractivity contribution >= 4 is 5.91 Å². The Labute approximate surface area is 115 Å². The standard InChI is InChI=1S/C16H23NO2/c1-13(11-14-7-3-2-4-8-14)15(19)17-16(12-18)9-5-6-10-16/h2-4,7-8,13,18H,5-6,9-12H2,1H3,(H,17,19). The third-order valence-electron chi connectivity index (χ3n) is 4.08. The van der Waals surface area contributed by atoms with Gasteiger partial charge >= 0.3 is 0 Å². The first-order chi connectivity index (χ1) is 9.15. The summed E-state index contributed by atoms with van der Waals surface area (Å²) in [5.41, 5.74) is 0.816. The van der Waals surface area contributed by atoms with Gasteiger partial charge < -0.3 is 10.4 Å². The first-order valence-corrected chi connectivity index (χ1v) is 7.12. The normalized spacial score (nSPS) is 19.1. The minimum Gasteiger partial charge on any atom is -0.394 e. The first kappa shape index (κ1) is 14.1. The highest BCUT2D eigenvalue weighted by atomic mass is 16.3. The van der Waals surface area contributed by atoms with E-state index in [-0.39, 0.29) is 24.0 Å². The molecule has 0 aromatic heterocycles. The summed E-state index contributed by atoms with van der Waals surface area (Å²) < 4.78 is 0. The molecule has 19 heavy (non-hydrogen) atoms. The van der Waals surface area contributed by atoms with E-state index in [2.05, 4.69) is 5.32 Å². The summed E-state index contributed by atoms with van der Waals surface area (Å²) in [7, 11) is 0. The summed E-state index contributed by atoms with van der Waals surface area (Å²) in [5, 5.41) is 12.6. The molecule has 1 aliphatic carbocycles. The van der Waals surface area contributed by atoms with E-state index >= 15 is 0 Å². The lowest BCUT2D eigenvalue weighted by Gasteiger charge is -2.29. The fourth-order valence-electron chi connectivity index (χ4n) is 2.82. The van der Waals surface area contributed by atoms with Crippen molar-refractivity contribution in [2.45, 2.75) is 44.6 Å². The predicted molar refractivity (Wildman–Crippen MR) is 75.7 cm³/mol. The lowest BCUT2D eigenvalue weighted by molar-refractivity contribution is -0.127. The Morgan fingerprint density at radius 3 is 2.53 bits per heavy atom. The van der Waals surface area contributed by atoms with Crippen LogP contribution in [0.2, 0.25) is 0 Å². The summed E-state index contributed by atoms with van der Waals surface area (Å²) in [5.74, 6) is -0.00812. The molecular formula is C16H23NO2. The van der Waals surface area contributed by atoms with E-state index in [9.17, 15) is 9.90 Å². The summed E-state index contributed by atoms with van der Waals surface area (Å²) in [4.78, 5) is 12.2. The Hall–Kier alpha value is -1.35. The lowest BCUT2D eigenvalue weighted by Crippen LogP contribution is -2.51. The number of carbonyl (C=O) groups excluding carboxylic acids is 1. The van der Waals surface area contributed by atoms with E-state index in [0.717, 1.165) is 32.1 Å². The van der Waals surface area contributed by atoms with Crippen molar-refractivity contribution in [2.24, 2.45) is 5.92 Å². The maximum absolute atomic E-state index is 12.2. The second-order valence-corrected chi connectivity index (χ2v) is 5.73. The molecule has 2 N–H and O–H groups in total.